The zero-order chi connectivity index (χ0) is 18.0. The molecule has 1 aliphatic rings. The van der Waals surface area contributed by atoms with Crippen molar-refractivity contribution in [3.8, 4) is 0 Å². The molecule has 0 fully saturated rings. The summed E-state index contributed by atoms with van der Waals surface area (Å²) in [4.78, 5) is 12.5. The molecule has 1 unspecified atom stereocenters. The molecule has 130 valence electrons. The molecule has 2 aromatic carbocycles. The lowest BCUT2D eigenvalue weighted by atomic mass is 10.0. The Morgan fingerprint density at radius 2 is 1.72 bits per heavy atom. The zero-order valence-corrected chi connectivity index (χ0v) is 14.3. The highest BCUT2D eigenvalue weighted by Gasteiger charge is 2.39. The third-order valence-corrected chi connectivity index (χ3v) is 4.81. The molecule has 0 aromatic heterocycles. The Morgan fingerprint density at radius 1 is 1.08 bits per heavy atom. The fourth-order valence-corrected chi connectivity index (χ4v) is 3.53. The summed E-state index contributed by atoms with van der Waals surface area (Å²) in [6.07, 6.45) is -0.998. The second-order valence-corrected chi connectivity index (χ2v) is 7.31. The maximum absolute atomic E-state index is 12.5. The molecular formula is C18H17NO5S. The van der Waals surface area contributed by atoms with Gasteiger partial charge in [0.25, 0.3) is 0 Å². The van der Waals surface area contributed by atoms with Crippen LogP contribution in [0.25, 0.3) is 0 Å². The average molecular weight is 359 g/mol. The summed E-state index contributed by atoms with van der Waals surface area (Å²) in [5, 5.41) is 0. The molecule has 0 bridgehead atoms. The Kier molecular flexibility index (Phi) is 4.50. The van der Waals surface area contributed by atoms with E-state index < -0.39 is 27.8 Å². The zero-order valence-electron chi connectivity index (χ0n) is 13.5. The van der Waals surface area contributed by atoms with Crippen molar-refractivity contribution in [1.82, 2.24) is 0 Å². The minimum absolute atomic E-state index is 0.327. The van der Waals surface area contributed by atoms with Crippen LogP contribution in [-0.2, 0) is 29.6 Å². The average Bonchev–Trinajstić information content (AvgIpc) is 2.84. The normalized spacial score (nSPS) is 17.5. The molecule has 1 heterocycles. The third-order valence-electron chi connectivity index (χ3n) is 3.71. The number of aryl methyl sites for hydroxylation is 1. The second-order valence-electron chi connectivity index (χ2n) is 5.74. The van der Waals surface area contributed by atoms with Crippen molar-refractivity contribution in [1.29, 1.82) is 0 Å². The molecule has 2 N–H and O–H groups in total. The summed E-state index contributed by atoms with van der Waals surface area (Å²) < 4.78 is 34.7. The van der Waals surface area contributed by atoms with Gasteiger partial charge in [0.2, 0.25) is 17.4 Å². The smallest absolute Gasteiger partial charge is 0.313 e. The number of carbonyl (C=O) groups excluding carboxylic acids is 1. The fourth-order valence-electron chi connectivity index (χ4n) is 2.45. The van der Waals surface area contributed by atoms with Gasteiger partial charge in [-0.1, -0.05) is 60.2 Å². The van der Waals surface area contributed by atoms with Crippen molar-refractivity contribution in [2.24, 2.45) is 5.73 Å². The molecule has 1 atom stereocenters. The highest BCUT2D eigenvalue weighted by molar-refractivity contribution is 7.86. The monoisotopic (exact) mass is 359 g/mol. The second kappa shape index (κ2) is 6.60. The predicted molar refractivity (Wildman–Crippen MR) is 91.4 cm³/mol. The van der Waals surface area contributed by atoms with Gasteiger partial charge in [0.05, 0.1) is 0 Å². The lowest BCUT2D eigenvalue weighted by molar-refractivity contribution is -0.123. The molecule has 0 spiro atoms. The van der Waals surface area contributed by atoms with Crippen LogP contribution in [0.2, 0.25) is 0 Å². The summed E-state index contributed by atoms with van der Waals surface area (Å²) in [6.45, 7) is 1.92. The first-order chi connectivity index (χ1) is 11.9. The molecule has 2 aromatic rings. The highest BCUT2D eigenvalue weighted by atomic mass is 32.2. The van der Waals surface area contributed by atoms with Gasteiger partial charge in [-0.25, -0.2) is 0 Å². The van der Waals surface area contributed by atoms with E-state index in [4.69, 9.17) is 14.7 Å². The number of benzene rings is 2. The van der Waals surface area contributed by atoms with Gasteiger partial charge >= 0.3 is 10.1 Å². The Morgan fingerprint density at radius 3 is 2.36 bits per heavy atom. The Balaban J connectivity index is 1.77. The quantitative estimate of drug-likeness (QED) is 0.823. The number of Topliss-reactive ketones (excluding diaryl/α,β-unsaturated/α-hetero) is 1. The number of nitrogens with two attached hydrogens (primary N) is 1. The van der Waals surface area contributed by atoms with Crippen LogP contribution in [-0.4, -0.2) is 14.2 Å². The molecule has 6 nitrogen and oxygen atoms in total. The Bertz CT molecular complexity index is 918. The third kappa shape index (κ3) is 3.83. The largest absolute Gasteiger partial charge is 0.460 e. The van der Waals surface area contributed by atoms with Gasteiger partial charge in [-0.3, -0.25) is 4.79 Å². The summed E-state index contributed by atoms with van der Waals surface area (Å²) in [5.41, 5.74) is 7.83. The first kappa shape index (κ1) is 17.0. The number of ether oxygens (including phenoxy) is 1. The molecule has 0 saturated carbocycles. The van der Waals surface area contributed by atoms with Gasteiger partial charge in [-0.05, 0) is 12.5 Å². The summed E-state index contributed by atoms with van der Waals surface area (Å²) in [7, 11) is -4.03. The van der Waals surface area contributed by atoms with Gasteiger partial charge in [0.1, 0.15) is 5.75 Å². The standard InChI is InChI=1S/C18H17NO5S/c1-12-7-9-14(10-8-12)16-15(20)17(18(19)23-16)24-25(21,22)11-13-5-3-2-4-6-13/h2-10,16H,11,19H2,1H3. The number of ketones is 1. The fraction of sp³-hybridized carbons (Fsp3) is 0.167. The van der Waals surface area contributed by atoms with Crippen LogP contribution >= 0.6 is 0 Å². The van der Waals surface area contributed by atoms with Crippen LogP contribution < -0.4 is 5.73 Å². The van der Waals surface area contributed by atoms with Gasteiger partial charge < -0.3 is 14.7 Å². The maximum atomic E-state index is 12.5. The van der Waals surface area contributed by atoms with Crippen molar-refractivity contribution in [2.75, 3.05) is 0 Å². The van der Waals surface area contributed by atoms with E-state index in [2.05, 4.69) is 0 Å². The van der Waals surface area contributed by atoms with Crippen LogP contribution in [0, 0.1) is 6.92 Å². The minimum Gasteiger partial charge on any atom is -0.460 e. The van der Waals surface area contributed by atoms with Gasteiger partial charge in [0, 0.05) is 5.56 Å². The molecular weight excluding hydrogens is 342 g/mol. The lowest BCUT2D eigenvalue weighted by Gasteiger charge is -2.10. The predicted octanol–water partition coefficient (Wildman–Crippen LogP) is 2.31. The van der Waals surface area contributed by atoms with Gasteiger partial charge in [-0.15, -0.1) is 0 Å². The van der Waals surface area contributed by atoms with E-state index in [1.54, 1.807) is 42.5 Å². The SMILES string of the molecule is Cc1ccc(C2OC(N)=C(OS(=O)(=O)Cc3ccccc3)C2=O)cc1. The maximum Gasteiger partial charge on any atom is 0.313 e. The minimum atomic E-state index is -4.03. The summed E-state index contributed by atoms with van der Waals surface area (Å²) in [5.74, 6) is -1.78. The van der Waals surface area contributed by atoms with Crippen LogP contribution in [0.1, 0.15) is 22.8 Å². The van der Waals surface area contributed by atoms with Crippen LogP contribution in [0.3, 0.4) is 0 Å². The van der Waals surface area contributed by atoms with Gasteiger partial charge in [0.15, 0.2) is 6.10 Å². The lowest BCUT2D eigenvalue weighted by Crippen LogP contribution is -2.16. The van der Waals surface area contributed by atoms with Crippen molar-refractivity contribution in [3.05, 3.63) is 82.9 Å². The van der Waals surface area contributed by atoms with Crippen molar-refractivity contribution < 1.29 is 22.1 Å². The molecule has 7 heteroatoms. The Labute approximate surface area is 146 Å². The van der Waals surface area contributed by atoms with E-state index in [1.807, 2.05) is 19.1 Å². The van der Waals surface area contributed by atoms with Crippen LogP contribution in [0.15, 0.2) is 66.2 Å². The van der Waals surface area contributed by atoms with Crippen molar-refractivity contribution in [3.63, 3.8) is 0 Å². The first-order valence-electron chi connectivity index (χ1n) is 7.59. The number of carbonyl (C=O) groups is 1. The summed E-state index contributed by atoms with van der Waals surface area (Å²) >= 11 is 0. The van der Waals surface area contributed by atoms with E-state index in [9.17, 15) is 13.2 Å². The van der Waals surface area contributed by atoms with Crippen LogP contribution in [0.4, 0.5) is 0 Å². The van der Waals surface area contributed by atoms with Gasteiger partial charge in [-0.2, -0.15) is 8.42 Å². The molecule has 0 saturated heterocycles. The van der Waals surface area contributed by atoms with Crippen molar-refractivity contribution >= 4 is 15.9 Å². The van der Waals surface area contributed by atoms with E-state index in [1.165, 1.54) is 0 Å². The molecule has 25 heavy (non-hydrogen) atoms. The molecule has 0 radical (unpaired) electrons. The Hall–Kier alpha value is -2.80. The molecule has 1 aliphatic heterocycles. The number of hydrogen-bond donors (Lipinski definition) is 1. The topological polar surface area (TPSA) is 95.7 Å². The van der Waals surface area contributed by atoms with Crippen molar-refractivity contribution in [2.45, 2.75) is 18.8 Å². The summed E-state index contributed by atoms with van der Waals surface area (Å²) in [6, 6.07) is 15.6. The molecule has 0 amide bonds. The molecule has 0 aliphatic carbocycles. The van der Waals surface area contributed by atoms with E-state index in [0.29, 0.717) is 11.1 Å². The van der Waals surface area contributed by atoms with Crippen LogP contribution in [0.5, 0.6) is 0 Å². The van der Waals surface area contributed by atoms with E-state index in [0.717, 1.165) is 5.56 Å². The number of hydrogen-bond acceptors (Lipinski definition) is 6. The first-order valence-corrected chi connectivity index (χ1v) is 9.17. The van der Waals surface area contributed by atoms with E-state index in [-0.39, 0.29) is 11.6 Å². The highest BCUT2D eigenvalue weighted by Crippen LogP contribution is 2.32. The molecule has 3 rings (SSSR count). The van der Waals surface area contributed by atoms with E-state index >= 15 is 0 Å². The number of rotatable bonds is 5.